The number of methoxy groups -OCH3 is 1. The van der Waals surface area contributed by atoms with E-state index in [0.29, 0.717) is 33.4 Å². The Morgan fingerprint density at radius 1 is 1.18 bits per heavy atom. The third kappa shape index (κ3) is 3.41. The van der Waals surface area contributed by atoms with Crippen LogP contribution in [0.25, 0.3) is 16.6 Å². The number of hydrogen-bond donors (Lipinski definition) is 0. The van der Waals surface area contributed by atoms with E-state index in [2.05, 4.69) is 4.98 Å². The largest absolute Gasteiger partial charge is 0.497 e. The maximum Gasteiger partial charge on any atom is 0.266 e. The van der Waals surface area contributed by atoms with Crippen molar-refractivity contribution in [3.63, 3.8) is 0 Å². The quantitative estimate of drug-likeness (QED) is 0.366. The minimum atomic E-state index is -0.128. The third-order valence-corrected chi connectivity index (χ3v) is 5.37. The first kappa shape index (κ1) is 18.3. The van der Waals surface area contributed by atoms with Crippen molar-refractivity contribution < 1.29 is 9.15 Å². The highest BCUT2D eigenvalue weighted by atomic mass is 32.2. The number of hydrogen-bond acceptors (Lipinski definition) is 6. The Hall–Kier alpha value is -3.06. The van der Waals surface area contributed by atoms with Crippen molar-refractivity contribution in [1.82, 2.24) is 14.5 Å². The topological polar surface area (TPSA) is 70.2 Å². The normalized spacial score (nSPS) is 12.2. The maximum absolute atomic E-state index is 13.3. The lowest BCUT2D eigenvalue weighted by Crippen LogP contribution is -2.22. The van der Waals surface area contributed by atoms with Gasteiger partial charge in [0.25, 0.3) is 5.56 Å². The summed E-state index contributed by atoms with van der Waals surface area (Å²) < 4.78 is 12.6. The molecule has 2 aromatic carbocycles. The van der Waals surface area contributed by atoms with Crippen LogP contribution in [0.4, 0.5) is 0 Å². The standard InChI is InChI=1S/C21H19N3O3S/c1-13-12-22-19(27-13)14(2)28-21-23-18-10-5-4-9-17(18)20(25)24(21)15-7-6-8-16(11-15)26-3/h4-12,14H,1-3H3/t14-/m0/s1. The summed E-state index contributed by atoms with van der Waals surface area (Å²) in [7, 11) is 1.60. The predicted molar refractivity (Wildman–Crippen MR) is 109 cm³/mol. The van der Waals surface area contributed by atoms with Crippen LogP contribution >= 0.6 is 11.8 Å². The molecular weight excluding hydrogens is 374 g/mol. The smallest absolute Gasteiger partial charge is 0.266 e. The Balaban J connectivity index is 1.89. The molecule has 0 aliphatic carbocycles. The highest BCUT2D eigenvalue weighted by Gasteiger charge is 2.19. The number of oxazole rings is 1. The number of rotatable bonds is 5. The van der Waals surface area contributed by atoms with E-state index in [4.69, 9.17) is 14.1 Å². The molecular formula is C21H19N3O3S. The SMILES string of the molecule is COc1cccc(-n2c(S[C@@H](C)c3ncc(C)o3)nc3ccccc3c2=O)c1. The second kappa shape index (κ2) is 7.52. The second-order valence-electron chi connectivity index (χ2n) is 6.32. The highest BCUT2D eigenvalue weighted by molar-refractivity contribution is 7.99. The van der Waals surface area contributed by atoms with Crippen molar-refractivity contribution >= 4 is 22.7 Å². The summed E-state index contributed by atoms with van der Waals surface area (Å²) >= 11 is 1.43. The fourth-order valence-corrected chi connectivity index (χ4v) is 3.91. The Morgan fingerprint density at radius 2 is 2.00 bits per heavy atom. The summed E-state index contributed by atoms with van der Waals surface area (Å²) in [6.07, 6.45) is 1.69. The van der Waals surface area contributed by atoms with E-state index in [9.17, 15) is 4.79 Å². The van der Waals surface area contributed by atoms with Crippen molar-refractivity contribution in [2.45, 2.75) is 24.3 Å². The fraction of sp³-hybridized carbons (Fsp3) is 0.190. The zero-order valence-corrected chi connectivity index (χ0v) is 16.6. The first-order chi connectivity index (χ1) is 13.6. The number of fused-ring (bicyclic) bond motifs is 1. The van der Waals surface area contributed by atoms with Gasteiger partial charge in [0.05, 0.1) is 35.1 Å². The summed E-state index contributed by atoms with van der Waals surface area (Å²) in [5, 5.41) is 1.02. The van der Waals surface area contributed by atoms with Crippen LogP contribution in [-0.2, 0) is 0 Å². The lowest BCUT2D eigenvalue weighted by molar-refractivity contribution is 0.414. The molecule has 2 aromatic heterocycles. The van der Waals surface area contributed by atoms with Crippen LogP contribution in [0.3, 0.4) is 0 Å². The Kier molecular flexibility index (Phi) is 4.92. The third-order valence-electron chi connectivity index (χ3n) is 4.33. The van der Waals surface area contributed by atoms with Crippen molar-refractivity contribution in [1.29, 1.82) is 0 Å². The molecule has 0 N–H and O–H groups in total. The van der Waals surface area contributed by atoms with E-state index < -0.39 is 0 Å². The van der Waals surface area contributed by atoms with Crippen LogP contribution in [0.15, 0.2) is 69.1 Å². The zero-order valence-electron chi connectivity index (χ0n) is 15.7. The van der Waals surface area contributed by atoms with E-state index in [0.717, 1.165) is 5.76 Å². The van der Waals surface area contributed by atoms with Gasteiger partial charge in [0.15, 0.2) is 5.16 Å². The van der Waals surface area contributed by atoms with Gasteiger partial charge in [-0.2, -0.15) is 0 Å². The number of aryl methyl sites for hydroxylation is 1. The van der Waals surface area contributed by atoms with Crippen LogP contribution in [0.5, 0.6) is 5.75 Å². The fourth-order valence-electron chi connectivity index (χ4n) is 2.94. The van der Waals surface area contributed by atoms with Crippen molar-refractivity contribution in [3.8, 4) is 11.4 Å². The average molecular weight is 393 g/mol. The van der Waals surface area contributed by atoms with Crippen molar-refractivity contribution in [2.24, 2.45) is 0 Å². The van der Waals surface area contributed by atoms with E-state index in [1.165, 1.54) is 11.8 Å². The summed E-state index contributed by atoms with van der Waals surface area (Å²) in [4.78, 5) is 22.4. The summed E-state index contributed by atoms with van der Waals surface area (Å²) in [5.74, 6) is 2.02. The first-order valence-electron chi connectivity index (χ1n) is 8.82. The van der Waals surface area contributed by atoms with Gasteiger partial charge in [0.1, 0.15) is 11.5 Å². The molecule has 28 heavy (non-hydrogen) atoms. The van der Waals surface area contributed by atoms with Crippen molar-refractivity contribution in [2.75, 3.05) is 7.11 Å². The molecule has 7 heteroatoms. The van der Waals surface area contributed by atoms with Crippen LogP contribution in [0, 0.1) is 6.92 Å². The van der Waals surface area contributed by atoms with Gasteiger partial charge in [-0.05, 0) is 38.1 Å². The minimum absolute atomic E-state index is 0.112. The monoisotopic (exact) mass is 393 g/mol. The summed E-state index contributed by atoms with van der Waals surface area (Å²) in [6.45, 7) is 3.83. The lowest BCUT2D eigenvalue weighted by Gasteiger charge is -2.15. The Bertz CT molecular complexity index is 1200. The zero-order chi connectivity index (χ0) is 19.7. The molecule has 0 bridgehead atoms. The van der Waals surface area contributed by atoms with Crippen LogP contribution < -0.4 is 10.3 Å². The molecule has 0 fully saturated rings. The van der Waals surface area contributed by atoms with Crippen LogP contribution in [0.1, 0.15) is 23.8 Å². The van der Waals surface area contributed by atoms with E-state index >= 15 is 0 Å². The predicted octanol–water partition coefficient (Wildman–Crippen LogP) is 4.54. The lowest BCUT2D eigenvalue weighted by atomic mass is 10.2. The molecule has 0 spiro atoms. The highest BCUT2D eigenvalue weighted by Crippen LogP contribution is 2.34. The molecule has 6 nitrogen and oxygen atoms in total. The van der Waals surface area contributed by atoms with Gasteiger partial charge >= 0.3 is 0 Å². The number of aromatic nitrogens is 3. The Morgan fingerprint density at radius 3 is 2.75 bits per heavy atom. The Labute approximate surface area is 166 Å². The molecule has 2 heterocycles. The molecule has 0 saturated carbocycles. The number of ether oxygens (including phenoxy) is 1. The van der Waals surface area contributed by atoms with E-state index in [1.54, 1.807) is 23.9 Å². The molecule has 1 atom stereocenters. The number of nitrogens with zero attached hydrogens (tertiary/aromatic N) is 3. The molecule has 0 saturated heterocycles. The maximum atomic E-state index is 13.3. The van der Waals surface area contributed by atoms with E-state index in [-0.39, 0.29) is 10.8 Å². The van der Waals surface area contributed by atoms with Gasteiger partial charge < -0.3 is 9.15 Å². The van der Waals surface area contributed by atoms with Crippen molar-refractivity contribution in [3.05, 3.63) is 76.7 Å². The molecule has 4 aromatic rings. The summed E-state index contributed by atoms with van der Waals surface area (Å²) in [5.41, 5.74) is 1.22. The number of benzene rings is 2. The van der Waals surface area contributed by atoms with Gasteiger partial charge in [0.2, 0.25) is 5.89 Å². The number of thioether (sulfide) groups is 1. The van der Waals surface area contributed by atoms with Crippen LogP contribution in [0.2, 0.25) is 0 Å². The van der Waals surface area contributed by atoms with Gasteiger partial charge in [-0.15, -0.1) is 0 Å². The molecule has 0 unspecified atom stereocenters. The first-order valence-corrected chi connectivity index (χ1v) is 9.70. The minimum Gasteiger partial charge on any atom is -0.497 e. The van der Waals surface area contributed by atoms with Crippen LogP contribution in [-0.4, -0.2) is 21.6 Å². The molecule has 0 radical (unpaired) electrons. The molecule has 0 amide bonds. The van der Waals surface area contributed by atoms with E-state index in [1.807, 2.05) is 56.3 Å². The average Bonchev–Trinajstić information content (AvgIpc) is 3.15. The molecule has 142 valence electrons. The molecule has 0 aliphatic rings. The molecule has 4 rings (SSSR count). The van der Waals surface area contributed by atoms with Gasteiger partial charge in [-0.25, -0.2) is 9.97 Å². The molecule has 0 aliphatic heterocycles. The van der Waals surface area contributed by atoms with Gasteiger partial charge in [-0.3, -0.25) is 9.36 Å². The number of para-hydroxylation sites is 1. The van der Waals surface area contributed by atoms with Gasteiger partial charge in [0, 0.05) is 6.07 Å². The summed E-state index contributed by atoms with van der Waals surface area (Å²) in [6, 6.07) is 14.7. The van der Waals surface area contributed by atoms with Gasteiger partial charge in [-0.1, -0.05) is 30.0 Å². The second-order valence-corrected chi connectivity index (χ2v) is 7.63.